The van der Waals surface area contributed by atoms with Crippen molar-refractivity contribution in [2.75, 3.05) is 47.5 Å². The molecule has 1 aliphatic heterocycles. The number of rotatable bonds is 44. The number of phosphoric acid groups is 1. The van der Waals surface area contributed by atoms with Gasteiger partial charge in [-0.15, -0.1) is 0 Å². The third-order valence-electron chi connectivity index (χ3n) is 11.1. The predicted octanol–water partition coefficient (Wildman–Crippen LogP) is 12.8. The molecule has 356 valence electrons. The molecule has 1 heterocycles. The van der Waals surface area contributed by atoms with Gasteiger partial charge < -0.3 is 32.6 Å². The number of hydrogen-bond acceptors (Lipinski definition) is 9. The number of nitrogens with zero attached hydrogens (tertiary/aromatic N) is 1. The summed E-state index contributed by atoms with van der Waals surface area (Å²) in [7, 11) is 1.13. The van der Waals surface area contributed by atoms with Gasteiger partial charge in [-0.25, -0.2) is 0 Å². The summed E-state index contributed by atoms with van der Waals surface area (Å²) in [5, 5.41) is 0. The van der Waals surface area contributed by atoms with E-state index >= 15 is 0 Å². The van der Waals surface area contributed by atoms with Crippen molar-refractivity contribution in [3.63, 3.8) is 0 Å². The minimum atomic E-state index is -4.65. The molecule has 1 aliphatic rings. The average molecular weight is 882 g/mol. The first-order valence-corrected chi connectivity index (χ1v) is 26.3. The van der Waals surface area contributed by atoms with Gasteiger partial charge in [-0.05, 0) is 51.4 Å². The fourth-order valence-electron chi connectivity index (χ4n) is 7.10. The maximum Gasteiger partial charge on any atom is 0.306 e. The van der Waals surface area contributed by atoms with Crippen molar-refractivity contribution in [1.29, 1.82) is 0 Å². The highest BCUT2D eigenvalue weighted by molar-refractivity contribution is 7.45. The van der Waals surface area contributed by atoms with Crippen LogP contribution in [-0.4, -0.2) is 82.2 Å². The zero-order valence-electron chi connectivity index (χ0n) is 39.8. The number of hydrogen-bond donors (Lipinski definition) is 0. The standard InChI is InChI=1S/C50H92NO9P/c1-6-8-10-12-14-16-18-20-21-22-23-24-25-26-28-30-32-34-36-40-50(53)59-46(45-58-61(54,55)57-43-42-51(3,4)5)44-56-49(52)41-37-39-48-47(60-48)38-35-33-31-29-27-19-17-15-13-11-9-7-2/h15,17,27,29,33,35,46-48H,6-14,16,18-26,28,30-32,34,36-45H2,1-5H3/b17-15-,29-27-,35-33-/t46-,47?,48?/m1/s1. The SMILES string of the molecule is CCCCC/C=C\C/C=C\C/C=C\CC1OC1CCCC(=O)OC[C@H](COP(=O)([O-])OCC[N+](C)(C)C)OC(=O)CCCCCCCCCCCCCCCCCCCCC. The van der Waals surface area contributed by atoms with Crippen LogP contribution in [0.1, 0.15) is 206 Å². The van der Waals surface area contributed by atoms with E-state index in [1.54, 1.807) is 0 Å². The predicted molar refractivity (Wildman–Crippen MR) is 249 cm³/mol. The van der Waals surface area contributed by atoms with Gasteiger partial charge in [0.15, 0.2) is 6.10 Å². The summed E-state index contributed by atoms with van der Waals surface area (Å²) in [6, 6.07) is 0. The molecule has 0 amide bonds. The number of ether oxygens (including phenoxy) is 3. The molecular formula is C50H92NO9P. The number of allylic oxidation sites excluding steroid dienone is 5. The van der Waals surface area contributed by atoms with E-state index in [1.165, 1.54) is 122 Å². The number of phosphoric ester groups is 1. The molecule has 1 fully saturated rings. The van der Waals surface area contributed by atoms with Crippen LogP contribution in [0, 0.1) is 0 Å². The highest BCUT2D eigenvalue weighted by atomic mass is 31.2. The fraction of sp³-hybridized carbons (Fsp3) is 0.840. The highest BCUT2D eigenvalue weighted by Crippen LogP contribution is 2.38. The lowest BCUT2D eigenvalue weighted by atomic mass is 10.0. The summed E-state index contributed by atoms with van der Waals surface area (Å²) in [6.07, 6.45) is 46.2. The van der Waals surface area contributed by atoms with Crippen molar-refractivity contribution < 1.29 is 46.8 Å². The quantitative estimate of drug-likeness (QED) is 0.0147. The molecule has 4 atom stereocenters. The Bertz CT molecular complexity index is 1200. The second kappa shape index (κ2) is 38.6. The van der Waals surface area contributed by atoms with E-state index < -0.39 is 32.5 Å². The van der Waals surface area contributed by atoms with Gasteiger partial charge >= 0.3 is 11.9 Å². The lowest BCUT2D eigenvalue weighted by Gasteiger charge is -2.28. The molecule has 0 aromatic rings. The number of esters is 2. The summed E-state index contributed by atoms with van der Waals surface area (Å²) in [5.74, 6) is -0.903. The molecule has 0 bridgehead atoms. The smallest absolute Gasteiger partial charge is 0.306 e. The van der Waals surface area contributed by atoms with Crippen LogP contribution in [0.2, 0.25) is 0 Å². The molecule has 10 nitrogen and oxygen atoms in total. The normalized spacial score (nSPS) is 17.1. The van der Waals surface area contributed by atoms with Crippen molar-refractivity contribution >= 4 is 19.8 Å². The van der Waals surface area contributed by atoms with Gasteiger partial charge in [0.2, 0.25) is 0 Å². The summed E-state index contributed by atoms with van der Waals surface area (Å²) >= 11 is 0. The van der Waals surface area contributed by atoms with Gasteiger partial charge in [-0.3, -0.25) is 14.2 Å². The third kappa shape index (κ3) is 39.5. The number of unbranched alkanes of at least 4 members (excludes halogenated alkanes) is 21. The van der Waals surface area contributed by atoms with E-state index in [4.69, 9.17) is 23.3 Å². The molecule has 61 heavy (non-hydrogen) atoms. The lowest BCUT2D eigenvalue weighted by Crippen LogP contribution is -2.37. The van der Waals surface area contributed by atoms with Gasteiger partial charge in [0.25, 0.3) is 7.82 Å². The second-order valence-electron chi connectivity index (χ2n) is 18.2. The number of likely N-dealkylation sites (N-methyl/N-ethyl adjacent to an activating group) is 1. The Morgan fingerprint density at radius 1 is 0.607 bits per heavy atom. The Morgan fingerprint density at radius 3 is 1.66 bits per heavy atom. The number of quaternary nitrogens is 1. The second-order valence-corrected chi connectivity index (χ2v) is 19.6. The van der Waals surface area contributed by atoms with E-state index in [2.05, 4.69) is 50.3 Å². The minimum Gasteiger partial charge on any atom is -0.756 e. The first kappa shape index (κ1) is 57.2. The molecule has 11 heteroatoms. The molecule has 0 saturated carbocycles. The molecule has 3 unspecified atom stereocenters. The van der Waals surface area contributed by atoms with Crippen molar-refractivity contribution in [3.05, 3.63) is 36.5 Å². The number of carbonyl (C=O) groups is 2. The molecule has 1 rings (SSSR count). The molecule has 0 aromatic heterocycles. The van der Waals surface area contributed by atoms with Crippen LogP contribution in [0.15, 0.2) is 36.5 Å². The Balaban J connectivity index is 2.27. The Hall–Kier alpha value is -1.81. The van der Waals surface area contributed by atoms with E-state index in [0.717, 1.165) is 44.9 Å². The van der Waals surface area contributed by atoms with Crippen molar-refractivity contribution in [2.45, 2.75) is 225 Å². The van der Waals surface area contributed by atoms with Crippen LogP contribution in [0.5, 0.6) is 0 Å². The van der Waals surface area contributed by atoms with Crippen LogP contribution < -0.4 is 4.89 Å². The molecule has 0 radical (unpaired) electrons. The number of epoxide rings is 1. The van der Waals surface area contributed by atoms with Crippen molar-refractivity contribution in [1.82, 2.24) is 0 Å². The molecule has 1 saturated heterocycles. The maximum absolute atomic E-state index is 12.8. The fourth-order valence-corrected chi connectivity index (χ4v) is 7.82. The Morgan fingerprint density at radius 2 is 1.10 bits per heavy atom. The van der Waals surface area contributed by atoms with Gasteiger partial charge in [0.1, 0.15) is 19.8 Å². The van der Waals surface area contributed by atoms with Gasteiger partial charge in [-0.1, -0.05) is 179 Å². The van der Waals surface area contributed by atoms with Crippen LogP contribution >= 0.6 is 7.82 Å². The maximum atomic E-state index is 12.8. The van der Waals surface area contributed by atoms with Crippen LogP contribution in [0.3, 0.4) is 0 Å². The lowest BCUT2D eigenvalue weighted by molar-refractivity contribution is -0.870. The molecule has 0 aromatic carbocycles. The monoisotopic (exact) mass is 882 g/mol. The van der Waals surface area contributed by atoms with Crippen molar-refractivity contribution in [2.24, 2.45) is 0 Å². The summed E-state index contributed by atoms with van der Waals surface area (Å²) in [5.41, 5.74) is 0. The molecule has 0 N–H and O–H groups in total. The third-order valence-corrected chi connectivity index (χ3v) is 12.1. The summed E-state index contributed by atoms with van der Waals surface area (Å²) in [6.45, 7) is 4.14. The van der Waals surface area contributed by atoms with Crippen molar-refractivity contribution in [3.8, 4) is 0 Å². The Labute approximate surface area is 374 Å². The van der Waals surface area contributed by atoms with Gasteiger partial charge in [0, 0.05) is 12.8 Å². The minimum absolute atomic E-state index is 0.0420. The highest BCUT2D eigenvalue weighted by Gasteiger charge is 2.36. The van der Waals surface area contributed by atoms with Crippen LogP contribution in [-0.2, 0) is 37.4 Å². The van der Waals surface area contributed by atoms with E-state index in [1.807, 2.05) is 21.1 Å². The van der Waals surface area contributed by atoms with E-state index in [-0.39, 0.29) is 38.3 Å². The van der Waals surface area contributed by atoms with Gasteiger partial charge in [-0.2, -0.15) is 0 Å². The van der Waals surface area contributed by atoms with E-state index in [9.17, 15) is 19.0 Å². The van der Waals surface area contributed by atoms with Crippen LogP contribution in [0.25, 0.3) is 0 Å². The van der Waals surface area contributed by atoms with Gasteiger partial charge in [0.05, 0.1) is 40.0 Å². The molecular weight excluding hydrogens is 790 g/mol. The first-order valence-electron chi connectivity index (χ1n) is 24.8. The Kier molecular flexibility index (Phi) is 36.2. The summed E-state index contributed by atoms with van der Waals surface area (Å²) < 4.78 is 39.8. The zero-order chi connectivity index (χ0) is 44.7. The summed E-state index contributed by atoms with van der Waals surface area (Å²) in [4.78, 5) is 37.8. The number of carbonyl (C=O) groups excluding carboxylic acids is 2. The topological polar surface area (TPSA) is 124 Å². The largest absolute Gasteiger partial charge is 0.756 e. The zero-order valence-corrected chi connectivity index (χ0v) is 40.7. The van der Waals surface area contributed by atoms with Crippen LogP contribution in [0.4, 0.5) is 0 Å². The van der Waals surface area contributed by atoms with E-state index in [0.29, 0.717) is 23.9 Å². The first-order chi connectivity index (χ1) is 29.5. The average Bonchev–Trinajstić information content (AvgIpc) is 3.97. The molecule has 0 spiro atoms. The molecule has 0 aliphatic carbocycles.